The van der Waals surface area contributed by atoms with Gasteiger partial charge in [-0.1, -0.05) is 99.6 Å². The number of hydrogen-bond donors (Lipinski definition) is 1. The average molecular weight is 743 g/mol. The van der Waals surface area contributed by atoms with E-state index in [2.05, 4.69) is 50.0 Å². The van der Waals surface area contributed by atoms with E-state index in [1.165, 1.54) is 7.11 Å². The quantitative estimate of drug-likeness (QED) is 0.108. The molecular weight excluding hydrogens is 697 g/mol. The van der Waals surface area contributed by atoms with Gasteiger partial charge in [0.25, 0.3) is 8.32 Å². The second kappa shape index (κ2) is 15.3. The van der Waals surface area contributed by atoms with Crippen LogP contribution in [0.5, 0.6) is 5.75 Å². The first-order valence-corrected chi connectivity index (χ1v) is 20.4. The zero-order valence-corrected chi connectivity index (χ0v) is 32.1. The van der Waals surface area contributed by atoms with E-state index in [1.54, 1.807) is 24.4 Å². The monoisotopic (exact) mass is 742 g/mol. The Morgan fingerprint density at radius 1 is 0.926 bits per heavy atom. The number of benzene rings is 3. The number of hydrogen-bond acceptors (Lipinski definition) is 8. The van der Waals surface area contributed by atoms with Crippen molar-refractivity contribution in [2.45, 2.75) is 51.2 Å². The number of likely N-dealkylation sites (tertiary alicyclic amines) is 1. The summed E-state index contributed by atoms with van der Waals surface area (Å²) in [7, 11) is -1.80. The van der Waals surface area contributed by atoms with E-state index in [1.807, 2.05) is 66.7 Å². The Morgan fingerprint density at radius 3 is 2.22 bits per heavy atom. The lowest BCUT2D eigenvalue weighted by Crippen LogP contribution is -2.66. The number of phenols is 1. The van der Waals surface area contributed by atoms with Crippen molar-refractivity contribution >= 4 is 48.2 Å². The Labute approximate surface area is 317 Å². The molecule has 3 amide bonds. The second-order valence-corrected chi connectivity index (χ2v) is 19.6. The zero-order chi connectivity index (χ0) is 38.0. The first-order valence-electron chi connectivity index (χ1n) is 18.5. The van der Waals surface area contributed by atoms with Crippen molar-refractivity contribution in [3.8, 4) is 5.75 Å². The number of aromatic nitrogens is 1. The summed E-state index contributed by atoms with van der Waals surface area (Å²) < 4.78 is 18.9. The predicted molar refractivity (Wildman–Crippen MR) is 209 cm³/mol. The largest absolute Gasteiger partial charge is 0.508 e. The smallest absolute Gasteiger partial charge is 0.423 e. The molecule has 1 aliphatic carbocycles. The summed E-state index contributed by atoms with van der Waals surface area (Å²) in [5.74, 6) is -2.74. The minimum Gasteiger partial charge on any atom is -0.508 e. The van der Waals surface area contributed by atoms with E-state index in [0.717, 1.165) is 38.4 Å². The minimum absolute atomic E-state index is 0.176. The summed E-state index contributed by atoms with van der Waals surface area (Å²) in [5.41, 5.74) is 4.56. The molecule has 1 aromatic heterocycles. The van der Waals surface area contributed by atoms with Crippen molar-refractivity contribution in [3.05, 3.63) is 132 Å². The lowest BCUT2D eigenvalue weighted by atomic mass is 9.69. The normalized spacial score (nSPS) is 21.6. The lowest BCUT2D eigenvalue weighted by molar-refractivity contribution is -0.137. The molecule has 3 aromatic carbocycles. The molecule has 278 valence electrons. The highest BCUT2D eigenvalue weighted by Crippen LogP contribution is 2.51. The molecule has 3 aliphatic rings. The van der Waals surface area contributed by atoms with Crippen molar-refractivity contribution in [3.63, 3.8) is 0 Å². The number of rotatable bonds is 10. The number of ether oxygens (including phenoxy) is 2. The highest BCUT2D eigenvalue weighted by Gasteiger charge is 2.59. The van der Waals surface area contributed by atoms with Crippen LogP contribution in [0.3, 0.4) is 0 Å². The molecule has 10 heteroatoms. The third-order valence-electron chi connectivity index (χ3n) is 11.1. The number of phenolic OH excluding ortho intramolecular Hbond substituents is 1. The van der Waals surface area contributed by atoms with Gasteiger partial charge in [-0.2, -0.15) is 4.90 Å². The summed E-state index contributed by atoms with van der Waals surface area (Å²) in [5, 5.41) is 12.2. The van der Waals surface area contributed by atoms with Crippen molar-refractivity contribution in [1.29, 1.82) is 0 Å². The van der Waals surface area contributed by atoms with Crippen LogP contribution in [-0.2, 0) is 23.5 Å². The van der Waals surface area contributed by atoms with Crippen LogP contribution in [0.25, 0.3) is 11.6 Å². The second-order valence-electron chi connectivity index (χ2n) is 15.3. The first kappa shape index (κ1) is 37.2. The summed E-state index contributed by atoms with van der Waals surface area (Å²) in [6.07, 6.45) is 3.91. The van der Waals surface area contributed by atoms with Crippen LogP contribution >= 0.6 is 0 Å². The van der Waals surface area contributed by atoms with E-state index < -0.39 is 44.0 Å². The van der Waals surface area contributed by atoms with Gasteiger partial charge in [-0.25, -0.2) is 4.79 Å². The Morgan fingerprint density at radius 2 is 1.61 bits per heavy atom. The Balaban J connectivity index is 1.29. The molecule has 7 rings (SSSR count). The van der Waals surface area contributed by atoms with Crippen molar-refractivity contribution < 1.29 is 33.4 Å². The van der Waals surface area contributed by atoms with Crippen LogP contribution in [-0.4, -0.2) is 67.6 Å². The Bertz CT molecular complexity index is 2040. The van der Waals surface area contributed by atoms with Gasteiger partial charge < -0.3 is 19.0 Å². The van der Waals surface area contributed by atoms with Gasteiger partial charge in [0.15, 0.2) is 0 Å². The summed E-state index contributed by atoms with van der Waals surface area (Å²) in [6.45, 7) is 7.16. The standard InChI is InChI=1S/C44H46N2O7Si/c1-44(2,3)54(33-16-7-5-8-17-33,34-18-9-6-10-19-34)53-27-31-26-35-40(42(49)46(41(35)48)43(50)51-4)36-28-52-38(39(31)36)22-21-30(37-20-11-12-23-45-37)24-29-14-13-15-32(47)25-29/h5-20,23-25,35-36,38,40,47H,21-22,26-28H2,1-4H3/b30-24-/t35-,36+,38-,40-/m1/s1. The molecule has 2 saturated heterocycles. The topological polar surface area (TPSA) is 115 Å². The fourth-order valence-corrected chi connectivity index (χ4v) is 13.3. The van der Waals surface area contributed by atoms with E-state index in [9.17, 15) is 19.5 Å². The van der Waals surface area contributed by atoms with Crippen LogP contribution in [0.1, 0.15) is 51.3 Å². The van der Waals surface area contributed by atoms with Gasteiger partial charge in [-0.15, -0.1) is 0 Å². The highest BCUT2D eigenvalue weighted by atomic mass is 28.4. The molecule has 0 radical (unpaired) electrons. The number of amides is 3. The maximum absolute atomic E-state index is 13.9. The number of imide groups is 3. The van der Waals surface area contributed by atoms with E-state index in [0.29, 0.717) is 17.7 Å². The number of nitrogens with zero attached hydrogens (tertiary/aromatic N) is 2. The molecule has 0 bridgehead atoms. The minimum atomic E-state index is -2.98. The number of aromatic hydroxyl groups is 1. The van der Waals surface area contributed by atoms with Crippen LogP contribution in [0.2, 0.25) is 5.04 Å². The molecule has 0 spiro atoms. The summed E-state index contributed by atoms with van der Waals surface area (Å²) in [6, 6.07) is 33.7. The van der Waals surface area contributed by atoms with Crippen LogP contribution in [0.4, 0.5) is 4.79 Å². The molecular formula is C44H46N2O7Si. The number of allylic oxidation sites excluding steroid dienone is 1. The van der Waals surface area contributed by atoms with Gasteiger partial charge in [0.05, 0.1) is 44.0 Å². The predicted octanol–water partition coefficient (Wildman–Crippen LogP) is 6.77. The maximum Gasteiger partial charge on any atom is 0.423 e. The Kier molecular flexibility index (Phi) is 10.5. The molecule has 4 atom stereocenters. The van der Waals surface area contributed by atoms with Gasteiger partial charge >= 0.3 is 6.09 Å². The summed E-state index contributed by atoms with van der Waals surface area (Å²) in [4.78, 5) is 45.8. The molecule has 9 nitrogen and oxygen atoms in total. The number of fused-ring (bicyclic) bond motifs is 3. The van der Waals surface area contributed by atoms with Crippen molar-refractivity contribution in [2.24, 2.45) is 17.8 Å². The van der Waals surface area contributed by atoms with Gasteiger partial charge in [0.2, 0.25) is 11.8 Å². The van der Waals surface area contributed by atoms with Gasteiger partial charge in [-0.3, -0.25) is 14.6 Å². The first-order chi connectivity index (χ1) is 26.0. The number of carbonyl (C=O) groups excluding carboxylic acids is 3. The third-order valence-corrected chi connectivity index (χ3v) is 16.1. The number of carbonyl (C=O) groups is 3. The average Bonchev–Trinajstić information content (AvgIpc) is 3.71. The molecule has 2 fully saturated rings. The molecule has 3 heterocycles. The fourth-order valence-electron chi connectivity index (χ4n) is 8.76. The van der Waals surface area contributed by atoms with E-state index in [4.69, 9.17) is 13.9 Å². The molecule has 4 aromatic rings. The maximum atomic E-state index is 13.9. The van der Waals surface area contributed by atoms with Crippen molar-refractivity contribution in [1.82, 2.24) is 9.88 Å². The SMILES string of the molecule is COC(=O)N1C(=O)[C@@H]2[C@@H](CC(CO[Si](c3ccccc3)(c3ccccc3)C(C)(C)C)=C3[C@@H](CC/C(=C/c4cccc(O)c4)c4ccccn4)OC[C@@H]32)C1=O. The number of methoxy groups -OCH3 is 1. The number of pyridine rings is 1. The van der Waals surface area contributed by atoms with Crippen LogP contribution in [0, 0.1) is 17.8 Å². The van der Waals surface area contributed by atoms with Crippen molar-refractivity contribution in [2.75, 3.05) is 20.3 Å². The third kappa shape index (κ3) is 6.85. The van der Waals surface area contributed by atoms with Crippen LogP contribution < -0.4 is 10.4 Å². The fraction of sp³-hybridized carbons (Fsp3) is 0.318. The van der Waals surface area contributed by atoms with Gasteiger partial charge in [0, 0.05) is 12.1 Å². The molecule has 0 saturated carbocycles. The van der Waals surface area contributed by atoms with E-state index in [-0.39, 0.29) is 36.5 Å². The van der Waals surface area contributed by atoms with Gasteiger partial charge in [-0.05, 0) is 87.3 Å². The zero-order valence-electron chi connectivity index (χ0n) is 31.1. The summed E-state index contributed by atoms with van der Waals surface area (Å²) >= 11 is 0. The molecule has 2 aliphatic heterocycles. The molecule has 54 heavy (non-hydrogen) atoms. The van der Waals surface area contributed by atoms with Gasteiger partial charge in [0.1, 0.15) is 5.75 Å². The van der Waals surface area contributed by atoms with E-state index >= 15 is 0 Å². The van der Waals surface area contributed by atoms with Crippen LogP contribution in [0.15, 0.2) is 120 Å². The Hall–Kier alpha value is -5.16. The lowest BCUT2D eigenvalue weighted by Gasteiger charge is -2.44. The highest BCUT2D eigenvalue weighted by molar-refractivity contribution is 6.99. The molecule has 1 N–H and O–H groups in total. The molecule has 0 unspecified atom stereocenters.